The molecule has 2 heterocycles. The van der Waals surface area contributed by atoms with Gasteiger partial charge in [-0.25, -0.2) is 4.98 Å². The van der Waals surface area contributed by atoms with Crippen LogP contribution in [0.4, 0.5) is 5.69 Å². The van der Waals surface area contributed by atoms with Gasteiger partial charge in [0.1, 0.15) is 0 Å². The standard InChI is InChI=1S/C19H22N4O2/c1-3-18(24)21-15-9-7-14(8-10-15)19(25)23-11-5-4-6-16(23)17-12-20-13-22(17)2/h3,7-10,12-13,16H,1,4-6,11H2,2H3,(H,21,24). The number of carbonyl (C=O) groups is 2. The van der Waals surface area contributed by atoms with Crippen LogP contribution in [0.2, 0.25) is 0 Å². The molecule has 1 fully saturated rings. The van der Waals surface area contributed by atoms with Crippen molar-refractivity contribution in [1.29, 1.82) is 0 Å². The Bertz CT molecular complexity index is 779. The van der Waals surface area contributed by atoms with Crippen LogP contribution in [-0.4, -0.2) is 32.8 Å². The van der Waals surface area contributed by atoms with E-state index in [1.165, 1.54) is 6.08 Å². The first-order valence-electron chi connectivity index (χ1n) is 8.41. The maximum Gasteiger partial charge on any atom is 0.254 e. The third-order valence-corrected chi connectivity index (χ3v) is 4.54. The lowest BCUT2D eigenvalue weighted by Crippen LogP contribution is -2.39. The van der Waals surface area contributed by atoms with Crippen molar-refractivity contribution in [2.75, 3.05) is 11.9 Å². The summed E-state index contributed by atoms with van der Waals surface area (Å²) < 4.78 is 1.98. The van der Waals surface area contributed by atoms with Crippen LogP contribution >= 0.6 is 0 Å². The number of hydrogen-bond acceptors (Lipinski definition) is 3. The highest BCUT2D eigenvalue weighted by atomic mass is 16.2. The van der Waals surface area contributed by atoms with E-state index in [-0.39, 0.29) is 17.9 Å². The predicted octanol–water partition coefficient (Wildman–Crippen LogP) is 2.91. The Kier molecular flexibility index (Phi) is 4.97. The lowest BCUT2D eigenvalue weighted by atomic mass is 9.98. The van der Waals surface area contributed by atoms with Crippen molar-refractivity contribution in [2.45, 2.75) is 25.3 Å². The number of carbonyl (C=O) groups excluding carboxylic acids is 2. The Morgan fingerprint density at radius 3 is 2.68 bits per heavy atom. The molecule has 1 unspecified atom stereocenters. The molecule has 0 radical (unpaired) electrons. The van der Waals surface area contributed by atoms with Crippen molar-refractivity contribution in [2.24, 2.45) is 7.05 Å². The van der Waals surface area contributed by atoms with Crippen LogP contribution < -0.4 is 5.32 Å². The predicted molar refractivity (Wildman–Crippen MR) is 96.1 cm³/mol. The Balaban J connectivity index is 1.79. The smallest absolute Gasteiger partial charge is 0.254 e. The molecule has 0 bridgehead atoms. The number of nitrogens with one attached hydrogen (secondary N) is 1. The lowest BCUT2D eigenvalue weighted by Gasteiger charge is -2.36. The molecule has 0 aliphatic carbocycles. The van der Waals surface area contributed by atoms with Crippen LogP contribution in [0.1, 0.15) is 41.4 Å². The van der Waals surface area contributed by atoms with E-state index < -0.39 is 0 Å². The molecule has 3 rings (SSSR count). The summed E-state index contributed by atoms with van der Waals surface area (Å²) in [6.45, 7) is 4.16. The van der Waals surface area contributed by atoms with Gasteiger partial charge < -0.3 is 14.8 Å². The van der Waals surface area contributed by atoms with Crippen molar-refractivity contribution in [3.63, 3.8) is 0 Å². The van der Waals surface area contributed by atoms with Crippen LogP contribution in [0.3, 0.4) is 0 Å². The Hall–Kier alpha value is -2.89. The van der Waals surface area contributed by atoms with Crippen molar-refractivity contribution in [3.05, 3.63) is 60.7 Å². The third kappa shape index (κ3) is 3.63. The van der Waals surface area contributed by atoms with E-state index in [0.29, 0.717) is 11.3 Å². The number of likely N-dealkylation sites (tertiary alicyclic amines) is 1. The minimum Gasteiger partial charge on any atom is -0.336 e. The zero-order valence-electron chi connectivity index (χ0n) is 14.3. The number of imidazole rings is 1. The molecule has 0 saturated carbocycles. The molecule has 130 valence electrons. The molecule has 25 heavy (non-hydrogen) atoms. The van der Waals surface area contributed by atoms with Gasteiger partial charge in [-0.3, -0.25) is 9.59 Å². The molecule has 2 amide bonds. The van der Waals surface area contributed by atoms with Gasteiger partial charge in [-0.2, -0.15) is 0 Å². The maximum atomic E-state index is 13.0. The lowest BCUT2D eigenvalue weighted by molar-refractivity contribution is -0.111. The SMILES string of the molecule is C=CC(=O)Nc1ccc(C(=O)N2CCCCC2c2cncn2C)cc1. The van der Waals surface area contributed by atoms with E-state index in [0.717, 1.165) is 31.5 Å². The van der Waals surface area contributed by atoms with E-state index in [1.807, 2.05) is 22.7 Å². The number of aryl methyl sites for hydroxylation is 1. The fourth-order valence-corrected chi connectivity index (χ4v) is 3.23. The van der Waals surface area contributed by atoms with E-state index >= 15 is 0 Å². The van der Waals surface area contributed by atoms with Gasteiger partial charge in [0, 0.05) is 24.8 Å². The molecule has 1 aliphatic rings. The van der Waals surface area contributed by atoms with Crippen molar-refractivity contribution in [3.8, 4) is 0 Å². The van der Waals surface area contributed by atoms with E-state index in [9.17, 15) is 9.59 Å². The Labute approximate surface area is 147 Å². The number of hydrogen-bond donors (Lipinski definition) is 1. The van der Waals surface area contributed by atoms with Gasteiger partial charge in [0.2, 0.25) is 5.91 Å². The normalized spacial score (nSPS) is 17.2. The van der Waals surface area contributed by atoms with E-state index in [2.05, 4.69) is 16.9 Å². The van der Waals surface area contributed by atoms with Crippen molar-refractivity contribution >= 4 is 17.5 Å². The summed E-state index contributed by atoms with van der Waals surface area (Å²) >= 11 is 0. The summed E-state index contributed by atoms with van der Waals surface area (Å²) in [7, 11) is 1.96. The minimum absolute atomic E-state index is 0.00694. The topological polar surface area (TPSA) is 67.2 Å². The molecule has 1 aromatic heterocycles. The molecule has 1 saturated heterocycles. The maximum absolute atomic E-state index is 13.0. The number of amides is 2. The monoisotopic (exact) mass is 338 g/mol. The summed E-state index contributed by atoms with van der Waals surface area (Å²) in [5.74, 6) is -0.265. The van der Waals surface area contributed by atoms with Gasteiger partial charge in [0.15, 0.2) is 0 Å². The van der Waals surface area contributed by atoms with Crippen molar-refractivity contribution < 1.29 is 9.59 Å². The average Bonchev–Trinajstić information content (AvgIpc) is 3.07. The summed E-state index contributed by atoms with van der Waals surface area (Å²) in [5.41, 5.74) is 2.32. The summed E-state index contributed by atoms with van der Waals surface area (Å²) in [6.07, 6.45) is 7.87. The first kappa shape index (κ1) is 17.0. The second-order valence-corrected chi connectivity index (χ2v) is 6.21. The zero-order valence-corrected chi connectivity index (χ0v) is 14.3. The fourth-order valence-electron chi connectivity index (χ4n) is 3.23. The zero-order chi connectivity index (χ0) is 17.8. The van der Waals surface area contributed by atoms with Gasteiger partial charge in [0.25, 0.3) is 5.91 Å². The quantitative estimate of drug-likeness (QED) is 0.872. The summed E-state index contributed by atoms with van der Waals surface area (Å²) in [5, 5.41) is 2.68. The second-order valence-electron chi connectivity index (χ2n) is 6.21. The van der Waals surface area contributed by atoms with Gasteiger partial charge in [-0.15, -0.1) is 0 Å². The van der Waals surface area contributed by atoms with Crippen LogP contribution in [-0.2, 0) is 11.8 Å². The molecular weight excluding hydrogens is 316 g/mol. The summed E-state index contributed by atoms with van der Waals surface area (Å²) in [4.78, 5) is 30.5. The van der Waals surface area contributed by atoms with E-state index in [4.69, 9.17) is 0 Å². The van der Waals surface area contributed by atoms with Gasteiger partial charge in [-0.1, -0.05) is 6.58 Å². The van der Waals surface area contributed by atoms with Gasteiger partial charge >= 0.3 is 0 Å². The fraction of sp³-hybridized carbons (Fsp3) is 0.316. The number of rotatable bonds is 4. The summed E-state index contributed by atoms with van der Waals surface area (Å²) in [6, 6.07) is 7.01. The average molecular weight is 338 g/mol. The number of anilines is 1. The Morgan fingerprint density at radius 1 is 1.28 bits per heavy atom. The molecule has 1 N–H and O–H groups in total. The Morgan fingerprint density at radius 2 is 2.04 bits per heavy atom. The van der Waals surface area contributed by atoms with Crippen molar-refractivity contribution in [1.82, 2.24) is 14.5 Å². The molecule has 0 spiro atoms. The molecule has 2 aromatic rings. The van der Waals surface area contributed by atoms with Gasteiger partial charge in [0.05, 0.1) is 24.3 Å². The molecular formula is C19H22N4O2. The first-order valence-corrected chi connectivity index (χ1v) is 8.41. The number of aromatic nitrogens is 2. The highest BCUT2D eigenvalue weighted by Gasteiger charge is 2.30. The molecule has 6 nitrogen and oxygen atoms in total. The second kappa shape index (κ2) is 7.34. The van der Waals surface area contributed by atoms with E-state index in [1.54, 1.807) is 30.6 Å². The number of piperidine rings is 1. The highest BCUT2D eigenvalue weighted by Crippen LogP contribution is 2.31. The minimum atomic E-state index is -0.272. The largest absolute Gasteiger partial charge is 0.336 e. The number of benzene rings is 1. The molecule has 1 atom stereocenters. The molecule has 1 aliphatic heterocycles. The molecule has 1 aromatic carbocycles. The molecule has 6 heteroatoms. The highest BCUT2D eigenvalue weighted by molar-refractivity contribution is 5.99. The van der Waals surface area contributed by atoms with Crippen LogP contribution in [0.5, 0.6) is 0 Å². The third-order valence-electron chi connectivity index (χ3n) is 4.54. The van der Waals surface area contributed by atoms with Crippen LogP contribution in [0.25, 0.3) is 0 Å². The first-order chi connectivity index (χ1) is 12.1. The number of nitrogens with zero attached hydrogens (tertiary/aromatic N) is 3. The van der Waals surface area contributed by atoms with Crippen LogP contribution in [0, 0.1) is 0 Å². The van der Waals surface area contributed by atoms with Crippen LogP contribution in [0.15, 0.2) is 49.4 Å². The van der Waals surface area contributed by atoms with Gasteiger partial charge in [-0.05, 0) is 49.6 Å².